The molecule has 1 aromatic heterocycles. The normalized spacial score (nSPS) is 9.42. The van der Waals surface area contributed by atoms with Gasteiger partial charge in [-0.1, -0.05) is 13.5 Å². The van der Waals surface area contributed by atoms with Crippen molar-refractivity contribution in [2.75, 3.05) is 0 Å². The molecular weight excluding hydrogens is 168 g/mol. The molecule has 0 N–H and O–H groups in total. The first-order chi connectivity index (χ1) is 5.69. The smallest absolute Gasteiger partial charge is 0.100 e. The monoisotopic (exact) mass is 178 g/mol. The van der Waals surface area contributed by atoms with Crippen LogP contribution in [0.2, 0.25) is 0 Å². The molecule has 0 aliphatic heterocycles. The van der Waals surface area contributed by atoms with Crippen molar-refractivity contribution in [2.45, 2.75) is 20.3 Å². The van der Waals surface area contributed by atoms with Crippen LogP contribution in [0.4, 0.5) is 0 Å². The zero-order valence-electron chi connectivity index (χ0n) is 7.22. The molecule has 0 saturated carbocycles. The number of hydrogen-bond donors (Lipinski definition) is 0. The van der Waals surface area contributed by atoms with Gasteiger partial charge in [0.25, 0.3) is 0 Å². The van der Waals surface area contributed by atoms with Gasteiger partial charge in [0.2, 0.25) is 0 Å². The molecule has 62 valence electrons. The number of hydrogen-bond acceptors (Lipinski definition) is 3. The number of nitrogens with zero attached hydrogens (tertiary/aromatic N) is 2. The van der Waals surface area contributed by atoms with Crippen molar-refractivity contribution in [1.82, 2.24) is 4.98 Å². The maximum Gasteiger partial charge on any atom is 0.100 e. The molecule has 12 heavy (non-hydrogen) atoms. The molecule has 0 aliphatic carbocycles. The Morgan fingerprint density at radius 2 is 2.42 bits per heavy atom. The van der Waals surface area contributed by atoms with Gasteiger partial charge in [-0.15, -0.1) is 11.3 Å². The largest absolute Gasteiger partial charge is 0.246 e. The van der Waals surface area contributed by atoms with Gasteiger partial charge in [0.05, 0.1) is 21.2 Å². The number of aryl methyl sites for hydroxylation is 2. The third-order valence-corrected chi connectivity index (χ3v) is 2.62. The van der Waals surface area contributed by atoms with E-state index in [1.165, 1.54) is 11.3 Å². The fourth-order valence-corrected chi connectivity index (χ4v) is 1.92. The van der Waals surface area contributed by atoms with Gasteiger partial charge in [0.1, 0.15) is 6.07 Å². The van der Waals surface area contributed by atoms with Crippen LogP contribution >= 0.6 is 11.3 Å². The van der Waals surface area contributed by atoms with Crippen LogP contribution in [-0.2, 0) is 6.42 Å². The summed E-state index contributed by atoms with van der Waals surface area (Å²) < 4.78 is 0. The maximum absolute atomic E-state index is 8.65. The van der Waals surface area contributed by atoms with Crippen LogP contribution in [0.25, 0.3) is 5.57 Å². The lowest BCUT2D eigenvalue weighted by Gasteiger charge is -1.92. The van der Waals surface area contributed by atoms with Gasteiger partial charge in [0.15, 0.2) is 0 Å². The third-order valence-electron chi connectivity index (χ3n) is 1.55. The number of rotatable bonds is 2. The zero-order valence-corrected chi connectivity index (χ0v) is 8.03. The molecule has 0 radical (unpaired) electrons. The lowest BCUT2D eigenvalue weighted by Crippen LogP contribution is -1.85. The minimum absolute atomic E-state index is 0.525. The first kappa shape index (κ1) is 8.95. The van der Waals surface area contributed by atoms with Crippen LogP contribution in [0.3, 0.4) is 0 Å². The van der Waals surface area contributed by atoms with Crippen molar-refractivity contribution >= 4 is 16.9 Å². The first-order valence-corrected chi connectivity index (χ1v) is 4.56. The van der Waals surface area contributed by atoms with Crippen LogP contribution in [-0.4, -0.2) is 4.98 Å². The predicted octanol–water partition coefficient (Wildman–Crippen LogP) is 2.55. The summed E-state index contributed by atoms with van der Waals surface area (Å²) in [6.45, 7) is 7.65. The van der Waals surface area contributed by atoms with E-state index >= 15 is 0 Å². The highest BCUT2D eigenvalue weighted by Crippen LogP contribution is 2.24. The summed E-state index contributed by atoms with van der Waals surface area (Å²) in [5.41, 5.74) is 1.52. The van der Waals surface area contributed by atoms with Gasteiger partial charge in [-0.05, 0) is 13.3 Å². The van der Waals surface area contributed by atoms with E-state index in [-0.39, 0.29) is 0 Å². The Bertz CT molecular complexity index is 344. The van der Waals surface area contributed by atoms with E-state index in [1.807, 2.05) is 19.9 Å². The van der Waals surface area contributed by atoms with E-state index in [9.17, 15) is 0 Å². The van der Waals surface area contributed by atoms with Gasteiger partial charge < -0.3 is 0 Å². The minimum Gasteiger partial charge on any atom is -0.246 e. The van der Waals surface area contributed by atoms with E-state index in [0.29, 0.717) is 5.57 Å². The van der Waals surface area contributed by atoms with E-state index in [0.717, 1.165) is 22.0 Å². The quantitative estimate of drug-likeness (QED) is 0.652. The van der Waals surface area contributed by atoms with Crippen LogP contribution in [0.5, 0.6) is 0 Å². The van der Waals surface area contributed by atoms with E-state index < -0.39 is 0 Å². The van der Waals surface area contributed by atoms with Gasteiger partial charge in [-0.2, -0.15) is 5.26 Å². The minimum atomic E-state index is 0.525. The van der Waals surface area contributed by atoms with E-state index in [2.05, 4.69) is 11.6 Å². The lowest BCUT2D eigenvalue weighted by molar-refractivity contribution is 1.04. The summed E-state index contributed by atoms with van der Waals surface area (Å²) in [5.74, 6) is 0. The molecule has 0 amide bonds. The topological polar surface area (TPSA) is 36.7 Å². The maximum atomic E-state index is 8.65. The second-order valence-corrected chi connectivity index (χ2v) is 3.66. The molecule has 1 rings (SSSR count). The summed E-state index contributed by atoms with van der Waals surface area (Å²) >= 11 is 1.54. The molecule has 3 heteroatoms. The third kappa shape index (κ3) is 1.54. The van der Waals surface area contributed by atoms with Crippen molar-refractivity contribution in [3.05, 3.63) is 22.2 Å². The molecule has 0 unspecified atom stereocenters. The molecule has 1 heterocycles. The number of allylic oxidation sites excluding steroid dienone is 1. The Hall–Kier alpha value is -1.14. The number of nitriles is 1. The molecule has 0 bridgehead atoms. The summed E-state index contributed by atoms with van der Waals surface area (Å²) in [7, 11) is 0. The van der Waals surface area contributed by atoms with Crippen LogP contribution in [0.15, 0.2) is 6.58 Å². The first-order valence-electron chi connectivity index (χ1n) is 3.74. The summed E-state index contributed by atoms with van der Waals surface area (Å²) in [6.07, 6.45) is 0.861. The molecule has 0 saturated heterocycles. The molecule has 0 atom stereocenters. The Balaban J connectivity index is 3.15. The van der Waals surface area contributed by atoms with E-state index in [4.69, 9.17) is 5.26 Å². The van der Waals surface area contributed by atoms with Gasteiger partial charge in [-0.25, -0.2) is 4.98 Å². The highest BCUT2D eigenvalue weighted by Gasteiger charge is 2.09. The SMILES string of the molecule is C=C(C#N)c1sc(C)nc1CC. The molecule has 0 aliphatic rings. The molecule has 0 spiro atoms. The summed E-state index contributed by atoms with van der Waals surface area (Å²) in [5, 5.41) is 9.65. The standard InChI is InChI=1S/C9H10N2S/c1-4-8-9(6(2)5-10)12-7(3)11-8/h2,4H2,1,3H3. The molecular formula is C9H10N2S. The second-order valence-electron chi connectivity index (χ2n) is 2.45. The van der Waals surface area contributed by atoms with Crippen LogP contribution in [0, 0.1) is 18.3 Å². The average molecular weight is 178 g/mol. The van der Waals surface area contributed by atoms with Crippen LogP contribution < -0.4 is 0 Å². The van der Waals surface area contributed by atoms with E-state index in [1.54, 1.807) is 0 Å². The van der Waals surface area contributed by atoms with Gasteiger partial charge >= 0.3 is 0 Å². The number of thiazole rings is 1. The van der Waals surface area contributed by atoms with Crippen molar-refractivity contribution in [3.8, 4) is 6.07 Å². The zero-order chi connectivity index (χ0) is 9.14. The molecule has 2 nitrogen and oxygen atoms in total. The Kier molecular flexibility index (Phi) is 2.61. The Morgan fingerprint density at radius 3 is 2.92 bits per heavy atom. The van der Waals surface area contributed by atoms with Crippen molar-refractivity contribution in [2.24, 2.45) is 0 Å². The van der Waals surface area contributed by atoms with Crippen molar-refractivity contribution in [3.63, 3.8) is 0 Å². The second kappa shape index (κ2) is 3.51. The highest BCUT2D eigenvalue weighted by molar-refractivity contribution is 7.12. The Labute approximate surface area is 76.2 Å². The molecule has 0 fully saturated rings. The van der Waals surface area contributed by atoms with Gasteiger partial charge in [0, 0.05) is 0 Å². The van der Waals surface area contributed by atoms with Crippen molar-refractivity contribution in [1.29, 1.82) is 5.26 Å². The molecule has 0 aromatic carbocycles. The summed E-state index contributed by atoms with van der Waals surface area (Å²) in [4.78, 5) is 5.25. The Morgan fingerprint density at radius 1 is 1.75 bits per heavy atom. The molecule has 1 aromatic rings. The fourth-order valence-electron chi connectivity index (χ4n) is 0.996. The van der Waals surface area contributed by atoms with Crippen molar-refractivity contribution < 1.29 is 0 Å². The highest BCUT2D eigenvalue weighted by atomic mass is 32.1. The van der Waals surface area contributed by atoms with Crippen LogP contribution in [0.1, 0.15) is 22.5 Å². The fraction of sp³-hybridized carbons (Fsp3) is 0.333. The summed E-state index contributed by atoms with van der Waals surface area (Å²) in [6, 6.07) is 2.05. The lowest BCUT2D eigenvalue weighted by atomic mass is 10.2. The average Bonchev–Trinajstić information content (AvgIpc) is 2.45. The van der Waals surface area contributed by atoms with Gasteiger partial charge in [-0.3, -0.25) is 0 Å². The number of aromatic nitrogens is 1. The predicted molar refractivity (Wildman–Crippen MR) is 50.9 cm³/mol.